The minimum atomic E-state index is -0.300. The number of nitrogens with zero attached hydrogens (tertiary/aromatic N) is 2. The SMILES string of the molecule is CCOC1(c2nc(Cl)cc(CC(C)C)n2)CCCC1. The molecule has 0 atom stereocenters. The van der Waals surface area contributed by atoms with Gasteiger partial charge in [-0.05, 0) is 51.0 Å². The van der Waals surface area contributed by atoms with Gasteiger partial charge in [0, 0.05) is 12.3 Å². The Morgan fingerprint density at radius 2 is 2.00 bits per heavy atom. The predicted molar refractivity (Wildman–Crippen MR) is 77.4 cm³/mol. The molecule has 106 valence electrons. The first-order valence-corrected chi connectivity index (χ1v) is 7.61. The van der Waals surface area contributed by atoms with Gasteiger partial charge in [-0.1, -0.05) is 25.4 Å². The van der Waals surface area contributed by atoms with E-state index in [2.05, 4.69) is 18.8 Å². The van der Waals surface area contributed by atoms with Crippen LogP contribution in [0.25, 0.3) is 0 Å². The number of ether oxygens (including phenoxy) is 1. The van der Waals surface area contributed by atoms with Crippen LogP contribution >= 0.6 is 11.6 Å². The van der Waals surface area contributed by atoms with Crippen molar-refractivity contribution >= 4 is 11.6 Å². The second-order valence-corrected chi connectivity index (χ2v) is 6.13. The molecule has 0 amide bonds. The van der Waals surface area contributed by atoms with Gasteiger partial charge in [-0.3, -0.25) is 0 Å². The van der Waals surface area contributed by atoms with Crippen LogP contribution in [0.2, 0.25) is 5.15 Å². The molecule has 1 saturated carbocycles. The third kappa shape index (κ3) is 3.46. The lowest BCUT2D eigenvalue weighted by atomic mass is 10.00. The predicted octanol–water partition coefficient (Wildman–Crippen LogP) is 4.13. The van der Waals surface area contributed by atoms with Crippen molar-refractivity contribution in [1.82, 2.24) is 9.97 Å². The van der Waals surface area contributed by atoms with E-state index in [1.54, 1.807) is 0 Å². The van der Waals surface area contributed by atoms with Gasteiger partial charge in [0.25, 0.3) is 0 Å². The molecule has 4 heteroatoms. The summed E-state index contributed by atoms with van der Waals surface area (Å²) in [6, 6.07) is 1.87. The molecule has 1 aliphatic carbocycles. The van der Waals surface area contributed by atoms with Crippen molar-refractivity contribution in [2.45, 2.75) is 58.5 Å². The van der Waals surface area contributed by atoms with Crippen LogP contribution in [-0.4, -0.2) is 16.6 Å². The van der Waals surface area contributed by atoms with Crippen molar-refractivity contribution in [2.75, 3.05) is 6.61 Å². The molecule has 0 N–H and O–H groups in total. The summed E-state index contributed by atoms with van der Waals surface area (Å²) in [4.78, 5) is 9.17. The number of hydrogen-bond donors (Lipinski definition) is 0. The van der Waals surface area contributed by atoms with Gasteiger partial charge in [-0.15, -0.1) is 0 Å². The van der Waals surface area contributed by atoms with Gasteiger partial charge in [0.15, 0.2) is 5.82 Å². The molecular weight excluding hydrogens is 260 g/mol. The fourth-order valence-electron chi connectivity index (χ4n) is 2.85. The van der Waals surface area contributed by atoms with Crippen LogP contribution in [0.15, 0.2) is 6.07 Å². The summed E-state index contributed by atoms with van der Waals surface area (Å²) < 4.78 is 6.01. The normalized spacial score (nSPS) is 18.2. The molecule has 0 aliphatic heterocycles. The lowest BCUT2D eigenvalue weighted by Crippen LogP contribution is -2.29. The van der Waals surface area contributed by atoms with Crippen LogP contribution < -0.4 is 0 Å². The van der Waals surface area contributed by atoms with E-state index in [9.17, 15) is 0 Å². The van der Waals surface area contributed by atoms with E-state index in [0.29, 0.717) is 17.7 Å². The fraction of sp³-hybridized carbons (Fsp3) is 0.733. The highest BCUT2D eigenvalue weighted by atomic mass is 35.5. The first-order valence-electron chi connectivity index (χ1n) is 7.23. The Hall–Kier alpha value is -0.670. The largest absolute Gasteiger partial charge is 0.367 e. The van der Waals surface area contributed by atoms with Crippen molar-refractivity contribution in [1.29, 1.82) is 0 Å². The minimum absolute atomic E-state index is 0.300. The van der Waals surface area contributed by atoms with Crippen molar-refractivity contribution < 1.29 is 4.74 Å². The highest BCUT2D eigenvalue weighted by Crippen LogP contribution is 2.40. The van der Waals surface area contributed by atoms with Gasteiger partial charge >= 0.3 is 0 Å². The second-order valence-electron chi connectivity index (χ2n) is 5.74. The van der Waals surface area contributed by atoms with E-state index < -0.39 is 0 Å². The lowest BCUT2D eigenvalue weighted by Gasteiger charge is -2.27. The third-order valence-electron chi connectivity index (χ3n) is 3.60. The maximum Gasteiger partial charge on any atom is 0.162 e. The highest BCUT2D eigenvalue weighted by Gasteiger charge is 2.39. The number of hydrogen-bond acceptors (Lipinski definition) is 3. The Morgan fingerprint density at radius 1 is 1.32 bits per heavy atom. The minimum Gasteiger partial charge on any atom is -0.367 e. The Morgan fingerprint density at radius 3 is 2.58 bits per heavy atom. The molecule has 0 aromatic carbocycles. The van der Waals surface area contributed by atoms with E-state index >= 15 is 0 Å². The lowest BCUT2D eigenvalue weighted by molar-refractivity contribution is -0.0458. The van der Waals surface area contributed by atoms with E-state index in [4.69, 9.17) is 21.3 Å². The van der Waals surface area contributed by atoms with Crippen LogP contribution in [0.1, 0.15) is 58.0 Å². The van der Waals surface area contributed by atoms with Crippen molar-refractivity contribution in [3.63, 3.8) is 0 Å². The molecule has 1 aromatic rings. The topological polar surface area (TPSA) is 35.0 Å². The Bertz CT molecular complexity index is 428. The van der Waals surface area contributed by atoms with Crippen molar-refractivity contribution in [2.24, 2.45) is 5.92 Å². The zero-order valence-electron chi connectivity index (χ0n) is 12.1. The number of rotatable bonds is 5. The number of aromatic nitrogens is 2. The summed E-state index contributed by atoms with van der Waals surface area (Å²) in [5.41, 5.74) is 0.724. The molecule has 0 saturated heterocycles. The summed E-state index contributed by atoms with van der Waals surface area (Å²) in [6.45, 7) is 7.09. The summed E-state index contributed by atoms with van der Waals surface area (Å²) in [5, 5.41) is 0.534. The summed E-state index contributed by atoms with van der Waals surface area (Å²) in [5.74, 6) is 1.35. The average molecular weight is 283 g/mol. The molecule has 19 heavy (non-hydrogen) atoms. The Balaban J connectivity index is 2.34. The number of halogens is 1. The van der Waals surface area contributed by atoms with E-state index in [0.717, 1.165) is 30.8 Å². The molecule has 0 spiro atoms. The molecule has 2 rings (SSSR count). The second kappa shape index (κ2) is 6.19. The van der Waals surface area contributed by atoms with Gasteiger partial charge in [0.1, 0.15) is 10.8 Å². The quantitative estimate of drug-likeness (QED) is 0.762. The monoisotopic (exact) mass is 282 g/mol. The molecular formula is C15H23ClN2O. The van der Waals surface area contributed by atoms with Crippen molar-refractivity contribution in [3.8, 4) is 0 Å². The van der Waals surface area contributed by atoms with Crippen LogP contribution in [0.3, 0.4) is 0 Å². The first-order chi connectivity index (χ1) is 9.05. The van der Waals surface area contributed by atoms with Gasteiger partial charge in [-0.25, -0.2) is 9.97 Å². The standard InChI is InChI=1S/C15H23ClN2O/c1-4-19-15(7-5-6-8-15)14-17-12(9-11(2)3)10-13(16)18-14/h10-11H,4-9H2,1-3H3. The maximum atomic E-state index is 6.17. The van der Waals surface area contributed by atoms with Gasteiger partial charge in [0.2, 0.25) is 0 Å². The van der Waals surface area contributed by atoms with Gasteiger partial charge in [0.05, 0.1) is 0 Å². The summed E-state index contributed by atoms with van der Waals surface area (Å²) >= 11 is 6.17. The molecule has 3 nitrogen and oxygen atoms in total. The molecule has 1 fully saturated rings. The van der Waals surface area contributed by atoms with E-state index in [-0.39, 0.29) is 5.60 Å². The fourth-order valence-corrected chi connectivity index (χ4v) is 3.05. The molecule has 1 aliphatic rings. The van der Waals surface area contributed by atoms with Crippen LogP contribution in [0, 0.1) is 5.92 Å². The Labute approximate surface area is 120 Å². The maximum absolute atomic E-state index is 6.17. The molecule has 0 unspecified atom stereocenters. The van der Waals surface area contributed by atoms with Crippen LogP contribution in [0.4, 0.5) is 0 Å². The van der Waals surface area contributed by atoms with Crippen LogP contribution in [0.5, 0.6) is 0 Å². The molecule has 0 bridgehead atoms. The van der Waals surface area contributed by atoms with Crippen molar-refractivity contribution in [3.05, 3.63) is 22.7 Å². The van der Waals surface area contributed by atoms with Gasteiger partial charge in [-0.2, -0.15) is 0 Å². The summed E-state index contributed by atoms with van der Waals surface area (Å²) in [7, 11) is 0. The third-order valence-corrected chi connectivity index (χ3v) is 3.80. The molecule has 1 aromatic heterocycles. The zero-order chi connectivity index (χ0) is 13.9. The van der Waals surface area contributed by atoms with Gasteiger partial charge < -0.3 is 4.74 Å². The van der Waals surface area contributed by atoms with Crippen LogP contribution in [-0.2, 0) is 16.8 Å². The Kier molecular flexibility index (Phi) is 4.80. The van der Waals surface area contributed by atoms with E-state index in [1.807, 2.05) is 13.0 Å². The highest BCUT2D eigenvalue weighted by molar-refractivity contribution is 6.29. The smallest absolute Gasteiger partial charge is 0.162 e. The van der Waals surface area contributed by atoms with E-state index in [1.165, 1.54) is 12.8 Å². The first kappa shape index (κ1) is 14.7. The summed E-state index contributed by atoms with van der Waals surface area (Å²) in [6.07, 6.45) is 5.28. The zero-order valence-corrected chi connectivity index (χ0v) is 12.8. The molecule has 1 heterocycles. The average Bonchev–Trinajstić information content (AvgIpc) is 2.77. The molecule has 0 radical (unpaired) electrons.